The van der Waals surface area contributed by atoms with Gasteiger partial charge in [-0.15, -0.1) is 0 Å². The Morgan fingerprint density at radius 1 is 1.25 bits per heavy atom. The summed E-state index contributed by atoms with van der Waals surface area (Å²) in [5.74, 6) is 0.460. The molecule has 0 saturated heterocycles. The number of benzene rings is 1. The van der Waals surface area contributed by atoms with Gasteiger partial charge in [0.15, 0.2) is 0 Å². The second-order valence-electron chi connectivity index (χ2n) is 8.30. The summed E-state index contributed by atoms with van der Waals surface area (Å²) in [6.45, 7) is 0. The highest BCUT2D eigenvalue weighted by Gasteiger charge is 2.37. The molecule has 0 aliphatic heterocycles. The van der Waals surface area contributed by atoms with Crippen molar-refractivity contribution in [2.45, 2.75) is 49.9 Å². The summed E-state index contributed by atoms with van der Waals surface area (Å²) in [4.78, 5) is 8.86. The zero-order chi connectivity index (χ0) is 22.5. The fraction of sp³-hybridized carbons (Fsp3) is 0.429. The Kier molecular flexibility index (Phi) is 5.36. The van der Waals surface area contributed by atoms with E-state index in [-0.39, 0.29) is 17.9 Å². The van der Waals surface area contributed by atoms with Gasteiger partial charge < -0.3 is 15.0 Å². The predicted molar refractivity (Wildman–Crippen MR) is 116 cm³/mol. The third kappa shape index (κ3) is 3.85. The maximum Gasteiger partial charge on any atom is 0.335 e. The minimum Gasteiger partial charge on any atom is -0.391 e. The van der Waals surface area contributed by atoms with Crippen LogP contribution in [0.3, 0.4) is 0 Å². The van der Waals surface area contributed by atoms with Crippen molar-refractivity contribution >= 4 is 27.2 Å². The van der Waals surface area contributed by atoms with E-state index < -0.39 is 22.4 Å². The van der Waals surface area contributed by atoms with Crippen LogP contribution in [0, 0.1) is 5.82 Å². The number of hydrogen-bond acceptors (Lipinski definition) is 7. The molecule has 2 aliphatic carbocycles. The highest BCUT2D eigenvalue weighted by Crippen LogP contribution is 2.37. The Labute approximate surface area is 184 Å². The van der Waals surface area contributed by atoms with Gasteiger partial charge in [0, 0.05) is 12.2 Å². The lowest BCUT2D eigenvalue weighted by Crippen LogP contribution is -2.40. The Morgan fingerprint density at radius 3 is 2.91 bits per heavy atom. The first-order valence-electron chi connectivity index (χ1n) is 10.5. The molecule has 32 heavy (non-hydrogen) atoms. The maximum atomic E-state index is 13.5. The summed E-state index contributed by atoms with van der Waals surface area (Å²) in [6.07, 6.45) is 4.97. The predicted octanol–water partition coefficient (Wildman–Crippen LogP) is 2.22. The van der Waals surface area contributed by atoms with E-state index in [1.807, 2.05) is 22.9 Å². The van der Waals surface area contributed by atoms with Crippen LogP contribution in [0.4, 0.5) is 10.2 Å². The standard InChI is InChI=1S/C21H24FN5O4S/c1-31-32(29,30)26-18-9-14(10-19(18)28)27-7-6-16-20(23-11-24-21(16)27)25-17-5-2-12-8-13(22)3-4-15(12)17/h3-4,6-8,11,14,17-19,26,28H,2,5,9-10H2,1H3,(H,23,24,25)/t14-,17+,18+,19+/m1/s1. The largest absolute Gasteiger partial charge is 0.391 e. The second-order valence-corrected chi connectivity index (χ2v) is 9.78. The number of hydrogen-bond donors (Lipinski definition) is 3. The van der Waals surface area contributed by atoms with E-state index in [2.05, 4.69) is 24.2 Å². The topological polar surface area (TPSA) is 118 Å². The smallest absolute Gasteiger partial charge is 0.335 e. The molecule has 4 atom stereocenters. The highest BCUT2D eigenvalue weighted by atomic mass is 32.2. The lowest BCUT2D eigenvalue weighted by molar-refractivity contribution is 0.154. The number of aliphatic hydroxyl groups excluding tert-OH is 1. The normalized spacial score (nSPS) is 25.3. The van der Waals surface area contributed by atoms with Crippen LogP contribution in [0.5, 0.6) is 0 Å². The SMILES string of the molecule is COS(=O)(=O)N[C@H]1C[C@@H](n2ccc3c(N[C@H]4CCc5cc(F)ccc54)ncnc32)C[C@@H]1O. The van der Waals surface area contributed by atoms with Crippen molar-refractivity contribution in [2.24, 2.45) is 0 Å². The van der Waals surface area contributed by atoms with Gasteiger partial charge in [-0.25, -0.2) is 14.4 Å². The summed E-state index contributed by atoms with van der Waals surface area (Å²) in [7, 11) is -2.82. The van der Waals surface area contributed by atoms with Gasteiger partial charge in [-0.1, -0.05) is 6.07 Å². The van der Waals surface area contributed by atoms with Gasteiger partial charge in [-0.05, 0) is 55.0 Å². The quantitative estimate of drug-likeness (QED) is 0.515. The Balaban J connectivity index is 1.39. The Morgan fingerprint density at radius 2 is 2.09 bits per heavy atom. The number of aliphatic hydroxyl groups is 1. The van der Waals surface area contributed by atoms with Crippen LogP contribution in [-0.4, -0.2) is 47.3 Å². The maximum absolute atomic E-state index is 13.5. The number of aryl methyl sites for hydroxylation is 1. The molecule has 3 N–H and O–H groups in total. The zero-order valence-corrected chi connectivity index (χ0v) is 18.2. The fourth-order valence-electron chi connectivity index (χ4n) is 4.86. The van der Waals surface area contributed by atoms with Crippen LogP contribution in [0.2, 0.25) is 0 Å². The van der Waals surface area contributed by atoms with Crippen molar-refractivity contribution in [1.29, 1.82) is 0 Å². The first-order chi connectivity index (χ1) is 15.3. The van der Waals surface area contributed by atoms with E-state index in [9.17, 15) is 17.9 Å². The highest BCUT2D eigenvalue weighted by molar-refractivity contribution is 7.84. The first kappa shape index (κ1) is 21.3. The van der Waals surface area contributed by atoms with Crippen molar-refractivity contribution in [2.75, 3.05) is 12.4 Å². The molecule has 0 unspecified atom stereocenters. The molecule has 0 bridgehead atoms. The van der Waals surface area contributed by atoms with E-state index in [1.165, 1.54) is 12.4 Å². The number of aromatic nitrogens is 3. The molecule has 0 radical (unpaired) electrons. The third-order valence-corrected chi connectivity index (χ3v) is 7.45. The molecule has 170 valence electrons. The third-order valence-electron chi connectivity index (χ3n) is 6.42. The lowest BCUT2D eigenvalue weighted by Gasteiger charge is -2.17. The molecular formula is C21H24FN5O4S. The number of anilines is 1. The van der Waals surface area contributed by atoms with Crippen LogP contribution < -0.4 is 10.0 Å². The average molecular weight is 462 g/mol. The van der Waals surface area contributed by atoms with Crippen LogP contribution in [0.25, 0.3) is 11.0 Å². The minimum absolute atomic E-state index is 0.0354. The molecule has 0 spiro atoms. The summed E-state index contributed by atoms with van der Waals surface area (Å²) >= 11 is 0. The van der Waals surface area contributed by atoms with Crippen molar-refractivity contribution in [1.82, 2.24) is 19.3 Å². The number of rotatable bonds is 6. The lowest BCUT2D eigenvalue weighted by atomic mass is 10.1. The molecule has 9 nitrogen and oxygen atoms in total. The minimum atomic E-state index is -3.90. The van der Waals surface area contributed by atoms with E-state index in [1.54, 1.807) is 6.07 Å². The van der Waals surface area contributed by atoms with Crippen LogP contribution in [-0.2, 0) is 20.9 Å². The molecule has 1 aromatic carbocycles. The summed E-state index contributed by atoms with van der Waals surface area (Å²) in [6, 6.07) is 6.06. The van der Waals surface area contributed by atoms with E-state index in [0.29, 0.717) is 24.3 Å². The first-order valence-corrected chi connectivity index (χ1v) is 11.9. The summed E-state index contributed by atoms with van der Waals surface area (Å²) in [5.41, 5.74) is 2.78. The van der Waals surface area contributed by atoms with Crippen molar-refractivity contribution in [3.63, 3.8) is 0 Å². The number of fused-ring (bicyclic) bond motifs is 2. The van der Waals surface area contributed by atoms with E-state index >= 15 is 0 Å². The average Bonchev–Trinajstić information content (AvgIpc) is 3.46. The van der Waals surface area contributed by atoms with E-state index in [0.717, 1.165) is 36.5 Å². The van der Waals surface area contributed by atoms with E-state index in [4.69, 9.17) is 0 Å². The van der Waals surface area contributed by atoms with Gasteiger partial charge in [-0.2, -0.15) is 13.1 Å². The molecule has 0 amide bonds. The molecule has 1 fully saturated rings. The Hall–Kier alpha value is -2.60. The van der Waals surface area contributed by atoms with Gasteiger partial charge in [0.05, 0.1) is 30.7 Å². The van der Waals surface area contributed by atoms with Crippen molar-refractivity contribution < 1.29 is 22.1 Å². The van der Waals surface area contributed by atoms with Gasteiger partial charge in [-0.3, -0.25) is 4.18 Å². The van der Waals surface area contributed by atoms with Crippen molar-refractivity contribution in [3.05, 3.63) is 53.7 Å². The van der Waals surface area contributed by atoms with Gasteiger partial charge in [0.2, 0.25) is 0 Å². The number of nitrogens with one attached hydrogen (secondary N) is 2. The number of nitrogens with zero attached hydrogens (tertiary/aromatic N) is 3. The molecule has 3 aromatic rings. The molecule has 5 rings (SSSR count). The molecule has 2 heterocycles. The number of halogens is 1. The molecule has 2 aliphatic rings. The monoisotopic (exact) mass is 461 g/mol. The molecule has 1 saturated carbocycles. The second kappa shape index (κ2) is 8.07. The summed E-state index contributed by atoms with van der Waals surface area (Å²) in [5, 5.41) is 14.7. The van der Waals surface area contributed by atoms with Crippen molar-refractivity contribution in [3.8, 4) is 0 Å². The zero-order valence-electron chi connectivity index (χ0n) is 17.4. The van der Waals surface area contributed by atoms with Crippen LogP contribution in [0.15, 0.2) is 36.8 Å². The van der Waals surface area contributed by atoms with Gasteiger partial charge in [0.1, 0.15) is 23.6 Å². The Bertz CT molecular complexity index is 1260. The summed E-state index contributed by atoms with van der Waals surface area (Å²) < 4.78 is 45.8. The van der Waals surface area contributed by atoms with Gasteiger partial charge >= 0.3 is 10.3 Å². The molecular weight excluding hydrogens is 437 g/mol. The molecule has 11 heteroatoms. The fourth-order valence-corrected chi connectivity index (χ4v) is 5.58. The van der Waals surface area contributed by atoms with Gasteiger partial charge in [0.25, 0.3) is 0 Å². The molecule has 2 aromatic heterocycles. The van der Waals surface area contributed by atoms with Crippen LogP contribution in [0.1, 0.15) is 42.5 Å². The van der Waals surface area contributed by atoms with Crippen LogP contribution >= 0.6 is 0 Å².